The second-order valence-corrected chi connectivity index (χ2v) is 5.28. The number of hydrogen-bond acceptors (Lipinski definition) is 4. The molecule has 0 fully saturated rings. The molecule has 0 aliphatic heterocycles. The van der Waals surface area contributed by atoms with Gasteiger partial charge in [-0.2, -0.15) is 0 Å². The molecular weight excluding hydrogens is 284 g/mol. The number of aryl methyl sites for hydroxylation is 1. The fourth-order valence-corrected chi connectivity index (χ4v) is 2.22. The van der Waals surface area contributed by atoms with E-state index in [2.05, 4.69) is 18.6 Å². The summed E-state index contributed by atoms with van der Waals surface area (Å²) in [6, 6.07) is 3.24. The van der Waals surface area contributed by atoms with Crippen molar-refractivity contribution in [3.8, 4) is 17.2 Å². The highest BCUT2D eigenvalue weighted by Crippen LogP contribution is 2.40. The summed E-state index contributed by atoms with van der Waals surface area (Å²) in [7, 11) is 0. The molecule has 5 heteroatoms. The minimum Gasteiger partial charge on any atom is -0.502 e. The van der Waals surface area contributed by atoms with E-state index in [1.807, 2.05) is 0 Å². The van der Waals surface area contributed by atoms with Crippen LogP contribution in [0.4, 0.5) is 4.79 Å². The summed E-state index contributed by atoms with van der Waals surface area (Å²) in [5.41, 5.74) is 0.889. The summed E-state index contributed by atoms with van der Waals surface area (Å²) in [4.78, 5) is 10.7. The van der Waals surface area contributed by atoms with E-state index in [1.54, 1.807) is 6.07 Å². The van der Waals surface area contributed by atoms with Crippen molar-refractivity contribution in [2.45, 2.75) is 58.8 Å². The predicted octanol–water partition coefficient (Wildman–Crippen LogP) is 4.75. The zero-order chi connectivity index (χ0) is 16.4. The number of unbranched alkanes of at least 4 members (excludes halogenated alkanes) is 4. The van der Waals surface area contributed by atoms with Gasteiger partial charge in [-0.25, -0.2) is 4.79 Å². The van der Waals surface area contributed by atoms with Gasteiger partial charge in [0.2, 0.25) is 5.75 Å². The number of aromatic hydroxyl groups is 1. The first-order chi connectivity index (χ1) is 10.6. The molecule has 0 bridgehead atoms. The molecule has 1 rings (SSSR count). The van der Waals surface area contributed by atoms with Crippen LogP contribution >= 0.6 is 0 Å². The molecule has 0 aliphatic carbocycles. The van der Waals surface area contributed by atoms with E-state index >= 15 is 0 Å². The van der Waals surface area contributed by atoms with Crippen molar-refractivity contribution in [1.29, 1.82) is 0 Å². The Morgan fingerprint density at radius 1 is 1.09 bits per heavy atom. The number of benzene rings is 1. The fraction of sp³-hybridized carbons (Fsp3) is 0.588. The highest BCUT2D eigenvalue weighted by molar-refractivity contribution is 5.65. The Morgan fingerprint density at radius 3 is 2.41 bits per heavy atom. The minimum absolute atomic E-state index is 0.0859. The lowest BCUT2D eigenvalue weighted by Crippen LogP contribution is -2.06. The number of carboxylic acid groups (broad SMARTS) is 1. The van der Waals surface area contributed by atoms with Crippen molar-refractivity contribution in [2.75, 3.05) is 6.61 Å². The number of phenols is 1. The average Bonchev–Trinajstić information content (AvgIpc) is 2.48. The second kappa shape index (κ2) is 9.92. The SMILES string of the molecule is CCCCCOc1c(CCCCC)ccc(OC(=O)O)c1O. The van der Waals surface area contributed by atoms with Crippen LogP contribution in [0.1, 0.15) is 57.9 Å². The zero-order valence-electron chi connectivity index (χ0n) is 13.4. The predicted molar refractivity (Wildman–Crippen MR) is 85.0 cm³/mol. The molecule has 0 atom stereocenters. The van der Waals surface area contributed by atoms with Crippen molar-refractivity contribution in [3.63, 3.8) is 0 Å². The summed E-state index contributed by atoms with van der Waals surface area (Å²) in [5, 5.41) is 18.9. The molecule has 1 aromatic carbocycles. The molecular formula is C17H26O5. The van der Waals surface area contributed by atoms with Crippen LogP contribution in [0, 0.1) is 0 Å². The summed E-state index contributed by atoms with van der Waals surface area (Å²) in [6.07, 6.45) is 5.58. The van der Waals surface area contributed by atoms with Crippen LogP contribution in [-0.2, 0) is 6.42 Å². The van der Waals surface area contributed by atoms with Gasteiger partial charge in [0, 0.05) is 0 Å². The molecule has 0 spiro atoms. The maximum absolute atomic E-state index is 10.7. The van der Waals surface area contributed by atoms with Gasteiger partial charge in [0.15, 0.2) is 11.5 Å². The van der Waals surface area contributed by atoms with E-state index in [9.17, 15) is 9.90 Å². The Bertz CT molecular complexity index is 470. The maximum atomic E-state index is 10.7. The molecule has 0 aromatic heterocycles. The van der Waals surface area contributed by atoms with Crippen LogP contribution in [-0.4, -0.2) is 23.0 Å². The van der Waals surface area contributed by atoms with E-state index in [4.69, 9.17) is 9.84 Å². The highest BCUT2D eigenvalue weighted by atomic mass is 16.7. The van der Waals surface area contributed by atoms with Gasteiger partial charge in [0.1, 0.15) is 0 Å². The summed E-state index contributed by atoms with van der Waals surface area (Å²) >= 11 is 0. The Morgan fingerprint density at radius 2 is 1.77 bits per heavy atom. The molecule has 1 aromatic rings. The zero-order valence-corrected chi connectivity index (χ0v) is 13.4. The van der Waals surface area contributed by atoms with E-state index in [1.165, 1.54) is 6.07 Å². The third kappa shape index (κ3) is 5.84. The fourth-order valence-electron chi connectivity index (χ4n) is 2.22. The Labute approximate surface area is 131 Å². The third-order valence-corrected chi connectivity index (χ3v) is 3.42. The monoisotopic (exact) mass is 310 g/mol. The molecule has 5 nitrogen and oxygen atoms in total. The largest absolute Gasteiger partial charge is 0.511 e. The molecule has 0 amide bonds. The Kier molecular flexibility index (Phi) is 8.18. The van der Waals surface area contributed by atoms with Crippen LogP contribution < -0.4 is 9.47 Å². The normalized spacial score (nSPS) is 10.5. The second-order valence-electron chi connectivity index (χ2n) is 5.28. The van der Waals surface area contributed by atoms with Gasteiger partial charge in [-0.05, 0) is 30.9 Å². The quantitative estimate of drug-likeness (QED) is 0.370. The molecule has 0 saturated heterocycles. The van der Waals surface area contributed by atoms with Crippen molar-refractivity contribution in [3.05, 3.63) is 17.7 Å². The first kappa shape index (κ1) is 18.1. The van der Waals surface area contributed by atoms with Crippen LogP contribution in [0.25, 0.3) is 0 Å². The smallest absolute Gasteiger partial charge is 0.502 e. The first-order valence-corrected chi connectivity index (χ1v) is 7.98. The van der Waals surface area contributed by atoms with E-state index < -0.39 is 6.16 Å². The van der Waals surface area contributed by atoms with Crippen molar-refractivity contribution in [1.82, 2.24) is 0 Å². The van der Waals surface area contributed by atoms with Crippen molar-refractivity contribution >= 4 is 6.16 Å². The summed E-state index contributed by atoms with van der Waals surface area (Å²) in [5.74, 6) is 0.0380. The first-order valence-electron chi connectivity index (χ1n) is 7.98. The molecule has 0 heterocycles. The topological polar surface area (TPSA) is 76.0 Å². The van der Waals surface area contributed by atoms with Crippen molar-refractivity contribution < 1.29 is 24.5 Å². The number of carbonyl (C=O) groups is 1. The van der Waals surface area contributed by atoms with Crippen LogP contribution in [0.2, 0.25) is 0 Å². The van der Waals surface area contributed by atoms with Gasteiger partial charge in [0.05, 0.1) is 6.61 Å². The van der Waals surface area contributed by atoms with E-state index in [-0.39, 0.29) is 11.5 Å². The Balaban J connectivity index is 2.88. The van der Waals surface area contributed by atoms with Gasteiger partial charge in [0.25, 0.3) is 0 Å². The molecule has 2 N–H and O–H groups in total. The lowest BCUT2D eigenvalue weighted by atomic mass is 10.1. The lowest BCUT2D eigenvalue weighted by Gasteiger charge is -2.15. The van der Waals surface area contributed by atoms with E-state index in [0.29, 0.717) is 12.4 Å². The van der Waals surface area contributed by atoms with Gasteiger partial charge in [-0.15, -0.1) is 0 Å². The van der Waals surface area contributed by atoms with Gasteiger partial charge < -0.3 is 19.7 Å². The summed E-state index contributed by atoms with van der Waals surface area (Å²) < 4.78 is 10.3. The van der Waals surface area contributed by atoms with E-state index in [0.717, 1.165) is 50.5 Å². The van der Waals surface area contributed by atoms with Crippen LogP contribution in [0.3, 0.4) is 0 Å². The maximum Gasteiger partial charge on any atom is 0.511 e. The van der Waals surface area contributed by atoms with Gasteiger partial charge in [-0.1, -0.05) is 45.6 Å². The number of rotatable bonds is 10. The van der Waals surface area contributed by atoms with Crippen molar-refractivity contribution in [2.24, 2.45) is 0 Å². The standard InChI is InChI=1S/C17H26O5/c1-3-5-7-9-13-10-11-14(22-17(19)20)15(18)16(13)21-12-8-6-4-2/h10-11,18H,3-9,12H2,1-2H3,(H,19,20). The number of ether oxygens (including phenoxy) is 2. The third-order valence-electron chi connectivity index (χ3n) is 3.42. The number of phenolic OH excluding ortho intramolecular Hbond substituents is 1. The molecule has 0 saturated carbocycles. The van der Waals surface area contributed by atoms with Gasteiger partial charge in [-0.3, -0.25) is 0 Å². The molecule has 124 valence electrons. The van der Waals surface area contributed by atoms with Gasteiger partial charge >= 0.3 is 6.16 Å². The molecule has 22 heavy (non-hydrogen) atoms. The average molecular weight is 310 g/mol. The van der Waals surface area contributed by atoms with Crippen LogP contribution in [0.5, 0.6) is 17.2 Å². The minimum atomic E-state index is -1.45. The summed E-state index contributed by atoms with van der Waals surface area (Å²) in [6.45, 7) is 4.73. The molecule has 0 aliphatic rings. The highest BCUT2D eigenvalue weighted by Gasteiger charge is 2.17. The molecule has 0 radical (unpaired) electrons. The number of hydrogen-bond donors (Lipinski definition) is 2. The lowest BCUT2D eigenvalue weighted by molar-refractivity contribution is 0.142. The Hall–Kier alpha value is -1.91. The van der Waals surface area contributed by atoms with Crippen LogP contribution in [0.15, 0.2) is 12.1 Å². The molecule has 0 unspecified atom stereocenters.